The Hall–Kier alpha value is -1.68. The van der Waals surface area contributed by atoms with E-state index in [2.05, 4.69) is 0 Å². The maximum atomic E-state index is 13.0. The fraction of sp³-hybridized carbons (Fsp3) is 0.533. The molecule has 8 nitrogen and oxygen atoms in total. The molecule has 0 bridgehead atoms. The molecule has 9 heteroatoms. The molecule has 1 saturated heterocycles. The summed E-state index contributed by atoms with van der Waals surface area (Å²) in [7, 11) is -2.52. The number of carbonyl (C=O) groups excluding carboxylic acids is 1. The van der Waals surface area contributed by atoms with Crippen molar-refractivity contribution >= 4 is 15.9 Å². The molecule has 24 heavy (non-hydrogen) atoms. The predicted molar refractivity (Wildman–Crippen MR) is 85.0 cm³/mol. The molecule has 1 heterocycles. The van der Waals surface area contributed by atoms with Crippen LogP contribution in [0.2, 0.25) is 0 Å². The van der Waals surface area contributed by atoms with Gasteiger partial charge in [-0.2, -0.15) is 4.31 Å². The van der Waals surface area contributed by atoms with Crippen LogP contribution in [0.15, 0.2) is 29.2 Å². The molecule has 1 amide bonds. The van der Waals surface area contributed by atoms with E-state index >= 15 is 0 Å². The maximum absolute atomic E-state index is 13.0. The number of methoxy groups -OCH3 is 1. The van der Waals surface area contributed by atoms with Gasteiger partial charge in [-0.05, 0) is 29.7 Å². The van der Waals surface area contributed by atoms with Gasteiger partial charge in [-0.3, -0.25) is 10.0 Å². The standard InChI is InChI=1S/C15H22N2O6S/c1-15(2)9-17(13(12(15)8-18)14(19)16-20)24(21,22)11-6-4-10(23-3)5-7-11/h4-7,12-13,18,20H,8-9H2,1-3H3,(H,16,19)/t12-,13+/m0/s1. The van der Waals surface area contributed by atoms with Crippen LogP contribution in [0.25, 0.3) is 0 Å². The van der Waals surface area contributed by atoms with Crippen molar-refractivity contribution in [3.05, 3.63) is 24.3 Å². The number of carbonyl (C=O) groups is 1. The second-order valence-electron chi connectivity index (χ2n) is 6.42. The summed E-state index contributed by atoms with van der Waals surface area (Å²) < 4.78 is 32.0. The van der Waals surface area contributed by atoms with Gasteiger partial charge in [0.15, 0.2) is 0 Å². The third kappa shape index (κ3) is 3.12. The Balaban J connectivity index is 2.48. The zero-order valence-corrected chi connectivity index (χ0v) is 14.6. The quantitative estimate of drug-likeness (QED) is 0.512. The highest BCUT2D eigenvalue weighted by Crippen LogP contribution is 2.42. The number of hydroxylamine groups is 1. The first-order chi connectivity index (χ1) is 11.2. The van der Waals surface area contributed by atoms with Crippen molar-refractivity contribution in [2.45, 2.75) is 24.8 Å². The number of ether oxygens (including phenoxy) is 1. The van der Waals surface area contributed by atoms with Gasteiger partial charge in [-0.15, -0.1) is 0 Å². The van der Waals surface area contributed by atoms with Crippen molar-refractivity contribution < 1.29 is 28.3 Å². The first-order valence-corrected chi connectivity index (χ1v) is 8.83. The molecule has 0 unspecified atom stereocenters. The molecule has 2 atom stereocenters. The number of amides is 1. The second-order valence-corrected chi connectivity index (χ2v) is 8.31. The summed E-state index contributed by atoms with van der Waals surface area (Å²) in [4.78, 5) is 12.1. The van der Waals surface area contributed by atoms with E-state index in [0.717, 1.165) is 4.31 Å². The number of hydrogen-bond donors (Lipinski definition) is 3. The summed E-state index contributed by atoms with van der Waals surface area (Å²) in [6.07, 6.45) is 0. The Morgan fingerprint density at radius 3 is 2.42 bits per heavy atom. The average molecular weight is 358 g/mol. The summed E-state index contributed by atoms with van der Waals surface area (Å²) >= 11 is 0. The number of hydrogen-bond acceptors (Lipinski definition) is 6. The van der Waals surface area contributed by atoms with E-state index in [1.54, 1.807) is 13.8 Å². The molecule has 3 N–H and O–H groups in total. The van der Waals surface area contributed by atoms with Crippen LogP contribution in [0.4, 0.5) is 0 Å². The minimum atomic E-state index is -3.99. The number of nitrogens with zero attached hydrogens (tertiary/aromatic N) is 1. The molecule has 0 spiro atoms. The zero-order chi connectivity index (χ0) is 18.1. The van der Waals surface area contributed by atoms with Gasteiger partial charge in [-0.25, -0.2) is 13.9 Å². The van der Waals surface area contributed by atoms with Crippen LogP contribution < -0.4 is 10.2 Å². The highest BCUT2D eigenvalue weighted by Gasteiger charge is 2.54. The fourth-order valence-electron chi connectivity index (χ4n) is 3.09. The van der Waals surface area contributed by atoms with Gasteiger partial charge in [0.25, 0.3) is 5.91 Å². The lowest BCUT2D eigenvalue weighted by molar-refractivity contribution is -0.134. The van der Waals surface area contributed by atoms with Crippen LogP contribution in [0.3, 0.4) is 0 Å². The molecular weight excluding hydrogens is 336 g/mol. The van der Waals surface area contributed by atoms with E-state index in [-0.39, 0.29) is 18.0 Å². The molecular formula is C15H22N2O6S. The van der Waals surface area contributed by atoms with Crippen LogP contribution in [0.5, 0.6) is 5.75 Å². The summed E-state index contributed by atoms with van der Waals surface area (Å²) in [6, 6.07) is 4.61. The highest BCUT2D eigenvalue weighted by molar-refractivity contribution is 7.89. The van der Waals surface area contributed by atoms with Gasteiger partial charge in [0.1, 0.15) is 11.8 Å². The summed E-state index contributed by atoms with van der Waals surface area (Å²) in [5.41, 5.74) is 0.871. The minimum Gasteiger partial charge on any atom is -0.497 e. The fourth-order valence-corrected chi connectivity index (χ4v) is 4.88. The molecule has 0 saturated carbocycles. The van der Waals surface area contributed by atoms with Crippen LogP contribution in [0.1, 0.15) is 13.8 Å². The minimum absolute atomic E-state index is 0.00781. The Bertz CT molecular complexity index is 701. The predicted octanol–water partition coefficient (Wildman–Crippen LogP) is 0.208. The highest BCUT2D eigenvalue weighted by atomic mass is 32.2. The lowest BCUT2D eigenvalue weighted by atomic mass is 9.79. The van der Waals surface area contributed by atoms with E-state index in [1.807, 2.05) is 0 Å². The van der Waals surface area contributed by atoms with Crippen molar-refractivity contribution in [1.29, 1.82) is 0 Å². The van der Waals surface area contributed by atoms with Crippen LogP contribution >= 0.6 is 0 Å². The SMILES string of the molecule is COc1ccc(S(=O)(=O)N2CC(C)(C)[C@@H](CO)[C@@H]2C(=O)NO)cc1. The molecule has 1 aliphatic heterocycles. The van der Waals surface area contributed by atoms with Gasteiger partial charge in [-0.1, -0.05) is 13.8 Å². The van der Waals surface area contributed by atoms with E-state index in [4.69, 9.17) is 9.94 Å². The number of aliphatic hydroxyl groups is 1. The second kappa shape index (κ2) is 6.67. The van der Waals surface area contributed by atoms with Crippen molar-refractivity contribution in [3.63, 3.8) is 0 Å². The Morgan fingerprint density at radius 2 is 1.96 bits per heavy atom. The van der Waals surface area contributed by atoms with Crippen molar-refractivity contribution in [3.8, 4) is 5.75 Å². The molecule has 0 radical (unpaired) electrons. The van der Waals surface area contributed by atoms with Crippen molar-refractivity contribution in [1.82, 2.24) is 9.79 Å². The Labute approximate surface area is 141 Å². The van der Waals surface area contributed by atoms with E-state index in [0.29, 0.717) is 5.75 Å². The molecule has 1 aliphatic rings. The number of nitrogens with one attached hydrogen (secondary N) is 1. The third-order valence-corrected chi connectivity index (χ3v) is 6.34. The number of benzene rings is 1. The maximum Gasteiger partial charge on any atom is 0.262 e. The molecule has 0 aromatic heterocycles. The van der Waals surface area contributed by atoms with E-state index < -0.39 is 33.3 Å². The number of rotatable bonds is 5. The van der Waals surface area contributed by atoms with Gasteiger partial charge >= 0.3 is 0 Å². The Kier molecular flexibility index (Phi) is 5.19. The molecule has 1 aromatic rings. The number of sulfonamides is 1. The first kappa shape index (κ1) is 18.7. The van der Waals surface area contributed by atoms with Gasteiger partial charge in [0.2, 0.25) is 10.0 Å². The lowest BCUT2D eigenvalue weighted by Crippen LogP contribution is -2.48. The van der Waals surface area contributed by atoms with Crippen LogP contribution in [-0.2, 0) is 14.8 Å². The summed E-state index contributed by atoms with van der Waals surface area (Å²) in [5, 5.41) is 18.6. The molecule has 0 aliphatic carbocycles. The monoisotopic (exact) mass is 358 g/mol. The van der Waals surface area contributed by atoms with Gasteiger partial charge < -0.3 is 9.84 Å². The first-order valence-electron chi connectivity index (χ1n) is 7.39. The van der Waals surface area contributed by atoms with Crippen molar-refractivity contribution in [2.75, 3.05) is 20.3 Å². The van der Waals surface area contributed by atoms with Crippen molar-refractivity contribution in [2.24, 2.45) is 11.3 Å². The van der Waals surface area contributed by atoms with Gasteiger partial charge in [0, 0.05) is 19.1 Å². The van der Waals surface area contributed by atoms with Crippen LogP contribution in [-0.4, -0.2) is 55.2 Å². The third-order valence-electron chi connectivity index (χ3n) is 4.50. The topological polar surface area (TPSA) is 116 Å². The van der Waals surface area contributed by atoms with E-state index in [9.17, 15) is 18.3 Å². The smallest absolute Gasteiger partial charge is 0.262 e. The average Bonchev–Trinajstić information content (AvgIpc) is 2.85. The Morgan fingerprint density at radius 1 is 1.38 bits per heavy atom. The van der Waals surface area contributed by atoms with E-state index in [1.165, 1.54) is 36.9 Å². The summed E-state index contributed by atoms with van der Waals surface area (Å²) in [6.45, 7) is 3.22. The lowest BCUT2D eigenvalue weighted by Gasteiger charge is -2.26. The molecule has 134 valence electrons. The van der Waals surface area contributed by atoms with Gasteiger partial charge in [0.05, 0.1) is 12.0 Å². The summed E-state index contributed by atoms with van der Waals surface area (Å²) in [5.74, 6) is -0.997. The molecule has 2 rings (SSSR count). The number of aliphatic hydroxyl groups excluding tert-OH is 1. The largest absolute Gasteiger partial charge is 0.497 e. The normalized spacial score (nSPS) is 23.9. The van der Waals surface area contributed by atoms with Crippen LogP contribution in [0, 0.1) is 11.3 Å². The molecule has 1 aromatic carbocycles. The zero-order valence-electron chi connectivity index (χ0n) is 13.8. The molecule has 1 fully saturated rings.